The molecule has 0 bridgehead atoms. The van der Waals surface area contributed by atoms with E-state index in [9.17, 15) is 17.2 Å². The molecule has 0 N–H and O–H groups in total. The van der Waals surface area contributed by atoms with Crippen LogP contribution < -0.4 is 0 Å². The number of hydrogen-bond donors (Lipinski definition) is 0. The largest absolute Gasteiger partial charge is 0.772 e. The molecule has 106 valence electrons. The van der Waals surface area contributed by atoms with E-state index in [1.165, 1.54) is 12.1 Å². The van der Waals surface area contributed by atoms with Crippen LogP contribution in [0.15, 0.2) is 59.5 Å². The van der Waals surface area contributed by atoms with Crippen molar-refractivity contribution >= 4 is 20.9 Å². The van der Waals surface area contributed by atoms with Gasteiger partial charge in [-0.3, -0.25) is 4.21 Å². The third-order valence-corrected chi connectivity index (χ3v) is 5.07. The highest BCUT2D eigenvalue weighted by Crippen LogP contribution is 2.19. The molecule has 1 atom stereocenters. The Balaban J connectivity index is 2.33. The Morgan fingerprint density at radius 1 is 0.900 bits per heavy atom. The standard InChI is InChI=1S/C14H14O4S2/c15-19(16)10-12-6-4-5-7-13(12)11-20(17,18)14-8-2-1-3-9-14/h1-9H,10-11H2,(H,15,16)/p-1. The van der Waals surface area contributed by atoms with E-state index in [-0.39, 0.29) is 16.4 Å². The van der Waals surface area contributed by atoms with Crippen LogP contribution in [-0.2, 0) is 32.4 Å². The second kappa shape index (κ2) is 6.30. The van der Waals surface area contributed by atoms with Crippen molar-refractivity contribution in [3.05, 3.63) is 65.7 Å². The fourth-order valence-corrected chi connectivity index (χ4v) is 3.85. The number of hydrogen-bond acceptors (Lipinski definition) is 4. The molecule has 6 heteroatoms. The van der Waals surface area contributed by atoms with E-state index in [0.29, 0.717) is 11.1 Å². The van der Waals surface area contributed by atoms with Gasteiger partial charge in [0.1, 0.15) is 0 Å². The van der Waals surface area contributed by atoms with E-state index in [0.717, 1.165) is 0 Å². The fourth-order valence-electron chi connectivity index (χ4n) is 1.88. The van der Waals surface area contributed by atoms with Gasteiger partial charge in [0.15, 0.2) is 9.84 Å². The first-order valence-electron chi connectivity index (χ1n) is 5.89. The van der Waals surface area contributed by atoms with Crippen LogP contribution in [-0.4, -0.2) is 17.2 Å². The van der Waals surface area contributed by atoms with Gasteiger partial charge in [-0.2, -0.15) is 0 Å². The summed E-state index contributed by atoms with van der Waals surface area (Å²) in [5.74, 6) is -0.384. The van der Waals surface area contributed by atoms with E-state index in [1.807, 2.05) is 0 Å². The van der Waals surface area contributed by atoms with Gasteiger partial charge >= 0.3 is 0 Å². The van der Waals surface area contributed by atoms with Gasteiger partial charge in [-0.15, -0.1) is 0 Å². The van der Waals surface area contributed by atoms with Crippen molar-refractivity contribution < 1.29 is 17.2 Å². The average Bonchev–Trinajstić information content (AvgIpc) is 2.41. The van der Waals surface area contributed by atoms with Gasteiger partial charge in [0.05, 0.1) is 10.6 Å². The van der Waals surface area contributed by atoms with Gasteiger partial charge < -0.3 is 4.55 Å². The first-order valence-corrected chi connectivity index (χ1v) is 8.79. The Morgan fingerprint density at radius 2 is 1.45 bits per heavy atom. The summed E-state index contributed by atoms with van der Waals surface area (Å²) in [5, 5.41) is 0. The normalized spacial score (nSPS) is 13.1. The van der Waals surface area contributed by atoms with E-state index in [2.05, 4.69) is 0 Å². The monoisotopic (exact) mass is 309 g/mol. The second-order valence-electron chi connectivity index (χ2n) is 4.29. The first kappa shape index (κ1) is 14.9. The molecule has 0 heterocycles. The van der Waals surface area contributed by atoms with E-state index in [4.69, 9.17) is 0 Å². The van der Waals surface area contributed by atoms with Crippen molar-refractivity contribution in [3.63, 3.8) is 0 Å². The minimum atomic E-state index is -3.47. The molecule has 0 aromatic heterocycles. The molecular formula is C14H13O4S2-. The SMILES string of the molecule is O=S([O-])Cc1ccccc1CS(=O)(=O)c1ccccc1. The van der Waals surface area contributed by atoms with Gasteiger partial charge in [-0.25, -0.2) is 8.42 Å². The number of benzene rings is 2. The molecule has 0 saturated heterocycles. The minimum Gasteiger partial charge on any atom is -0.772 e. The van der Waals surface area contributed by atoms with Crippen molar-refractivity contribution in [2.75, 3.05) is 0 Å². The molecular weight excluding hydrogens is 296 g/mol. The maximum atomic E-state index is 12.3. The predicted octanol–water partition coefficient (Wildman–Crippen LogP) is 2.04. The Kier molecular flexibility index (Phi) is 4.69. The van der Waals surface area contributed by atoms with Gasteiger partial charge in [-0.1, -0.05) is 53.5 Å². The van der Waals surface area contributed by atoms with Crippen LogP contribution in [0.3, 0.4) is 0 Å². The lowest BCUT2D eigenvalue weighted by molar-refractivity contribution is 0.536. The molecule has 0 aliphatic carbocycles. The van der Waals surface area contributed by atoms with E-state index in [1.54, 1.807) is 42.5 Å². The van der Waals surface area contributed by atoms with Gasteiger partial charge in [0, 0.05) is 5.75 Å². The molecule has 0 aliphatic heterocycles. The van der Waals surface area contributed by atoms with Crippen LogP contribution in [0, 0.1) is 0 Å². The molecule has 0 radical (unpaired) electrons. The summed E-state index contributed by atoms with van der Waals surface area (Å²) in [6.45, 7) is 0. The summed E-state index contributed by atoms with van der Waals surface area (Å²) in [6, 6.07) is 14.8. The zero-order valence-electron chi connectivity index (χ0n) is 10.6. The van der Waals surface area contributed by atoms with Gasteiger partial charge in [0.25, 0.3) is 0 Å². The summed E-state index contributed by atoms with van der Waals surface area (Å²) >= 11 is -2.24. The van der Waals surface area contributed by atoms with Crippen LogP contribution in [0.5, 0.6) is 0 Å². The van der Waals surface area contributed by atoms with Crippen LogP contribution in [0.2, 0.25) is 0 Å². The molecule has 2 aromatic rings. The van der Waals surface area contributed by atoms with Gasteiger partial charge in [-0.05, 0) is 23.3 Å². The van der Waals surface area contributed by atoms with Crippen molar-refractivity contribution in [1.29, 1.82) is 0 Å². The highest BCUT2D eigenvalue weighted by Gasteiger charge is 2.16. The smallest absolute Gasteiger partial charge is 0.182 e. The highest BCUT2D eigenvalue weighted by atomic mass is 32.2. The Labute approximate surface area is 120 Å². The van der Waals surface area contributed by atoms with Crippen molar-refractivity contribution in [3.8, 4) is 0 Å². The van der Waals surface area contributed by atoms with E-state index >= 15 is 0 Å². The molecule has 1 unspecified atom stereocenters. The molecule has 0 aliphatic rings. The first-order chi connectivity index (χ1) is 9.49. The van der Waals surface area contributed by atoms with Crippen molar-refractivity contribution in [2.24, 2.45) is 0 Å². The molecule has 20 heavy (non-hydrogen) atoms. The third kappa shape index (κ3) is 3.75. The van der Waals surface area contributed by atoms with Crippen LogP contribution in [0.25, 0.3) is 0 Å². The molecule has 0 fully saturated rings. The van der Waals surface area contributed by atoms with Crippen LogP contribution >= 0.6 is 0 Å². The van der Waals surface area contributed by atoms with Crippen molar-refractivity contribution in [1.82, 2.24) is 0 Å². The maximum Gasteiger partial charge on any atom is 0.182 e. The predicted molar refractivity (Wildman–Crippen MR) is 76.4 cm³/mol. The zero-order valence-corrected chi connectivity index (χ0v) is 12.2. The van der Waals surface area contributed by atoms with Gasteiger partial charge in [0.2, 0.25) is 0 Å². The fraction of sp³-hybridized carbons (Fsp3) is 0.143. The quantitative estimate of drug-likeness (QED) is 0.792. The zero-order chi connectivity index (χ0) is 14.6. The van der Waals surface area contributed by atoms with Crippen molar-refractivity contribution in [2.45, 2.75) is 16.4 Å². The lowest BCUT2D eigenvalue weighted by Crippen LogP contribution is -2.08. The Hall–Kier alpha value is -1.50. The molecule has 2 aromatic carbocycles. The summed E-state index contributed by atoms with van der Waals surface area (Å²) in [5.41, 5.74) is 1.03. The second-order valence-corrected chi connectivity index (χ2v) is 7.17. The maximum absolute atomic E-state index is 12.3. The Morgan fingerprint density at radius 3 is 2.05 bits per heavy atom. The lowest BCUT2D eigenvalue weighted by atomic mass is 10.1. The molecule has 4 nitrogen and oxygen atoms in total. The topological polar surface area (TPSA) is 74.3 Å². The van der Waals surface area contributed by atoms with Crippen LogP contribution in [0.4, 0.5) is 0 Å². The van der Waals surface area contributed by atoms with E-state index < -0.39 is 20.9 Å². The highest BCUT2D eigenvalue weighted by molar-refractivity contribution is 7.90. The van der Waals surface area contributed by atoms with Crippen LogP contribution in [0.1, 0.15) is 11.1 Å². The third-order valence-electron chi connectivity index (χ3n) is 2.84. The average molecular weight is 309 g/mol. The molecule has 0 spiro atoms. The number of rotatable bonds is 5. The molecule has 2 rings (SSSR count). The number of sulfone groups is 1. The Bertz CT molecular complexity index is 709. The summed E-state index contributed by atoms with van der Waals surface area (Å²) < 4.78 is 46.2. The molecule has 0 saturated carbocycles. The summed E-state index contributed by atoms with van der Waals surface area (Å²) in [7, 11) is -3.47. The molecule has 0 amide bonds. The summed E-state index contributed by atoms with van der Waals surface area (Å²) in [4.78, 5) is 0.234. The minimum absolute atomic E-state index is 0.180. The lowest BCUT2D eigenvalue weighted by Gasteiger charge is -2.11. The summed E-state index contributed by atoms with van der Waals surface area (Å²) in [6.07, 6.45) is 0.